The van der Waals surface area contributed by atoms with Gasteiger partial charge in [0.05, 0.1) is 5.57 Å². The Kier molecular flexibility index (Phi) is 30.8. The van der Waals surface area contributed by atoms with Crippen molar-refractivity contribution < 1.29 is 4.70 Å². The van der Waals surface area contributed by atoms with Gasteiger partial charge in [-0.1, -0.05) is 250 Å². The zero-order valence-corrected chi connectivity index (χ0v) is 40.8. The minimum absolute atomic E-state index is 0.960. The lowest BCUT2D eigenvalue weighted by molar-refractivity contribution is -0.345. The molecule has 0 bridgehead atoms. The van der Waals surface area contributed by atoms with Gasteiger partial charge in [0.25, 0.3) is 0 Å². The molecule has 0 saturated heterocycles. The first-order valence-corrected chi connectivity index (χ1v) is 27.0. The van der Waals surface area contributed by atoms with Gasteiger partial charge in [0.15, 0.2) is 0 Å². The van der Waals surface area contributed by atoms with Crippen LogP contribution in [0.4, 0.5) is 0 Å². The molecule has 0 radical (unpaired) electrons. The molecule has 0 N–H and O–H groups in total. The Hall–Kier alpha value is -2.74. The molecular weight excluding hydrogens is 737 g/mol. The van der Waals surface area contributed by atoms with Crippen LogP contribution < -0.4 is 0 Å². The summed E-state index contributed by atoms with van der Waals surface area (Å²) in [7, 11) is 0. The van der Waals surface area contributed by atoms with Crippen molar-refractivity contribution in [2.75, 3.05) is 0 Å². The van der Waals surface area contributed by atoms with Gasteiger partial charge >= 0.3 is 0 Å². The van der Waals surface area contributed by atoms with Crippen molar-refractivity contribution in [2.24, 2.45) is 0 Å². The average Bonchev–Trinajstić information content (AvgIpc) is 3.56. The molecule has 342 valence electrons. The van der Waals surface area contributed by atoms with Crippen LogP contribution in [-0.2, 0) is 12.8 Å². The fraction of sp³-hybridized carbons (Fsp3) is 0.695. The Bertz CT molecular complexity index is 1510. The molecule has 3 rings (SSSR count). The van der Waals surface area contributed by atoms with Gasteiger partial charge in [0.1, 0.15) is 0 Å². The third-order valence-corrected chi connectivity index (χ3v) is 13.4. The minimum Gasteiger partial charge on any atom is -0.493 e. The van der Waals surface area contributed by atoms with Crippen molar-refractivity contribution >= 4 is 11.4 Å². The fourth-order valence-electron chi connectivity index (χ4n) is 9.47. The van der Waals surface area contributed by atoms with Gasteiger partial charge < -0.3 is 5.53 Å². The van der Waals surface area contributed by atoms with Crippen LogP contribution in [0.2, 0.25) is 0 Å². The summed E-state index contributed by atoms with van der Waals surface area (Å²) in [5.74, 6) is 0. The van der Waals surface area contributed by atoms with Crippen LogP contribution >= 0.6 is 0 Å². The standard InChI is InChI=1S/C59H96N2/c1-5-9-13-15-16-17-18-19-20-21-22-23-24-25-26-27-28-29-30-31-32-33-34-35-36-37-39-49-57-56(48-12-8-4)58(54-46-40-44-52(50-54)42-11-7-3)61(60)59(57)55-47-41-45-53(51-55)43-38-14-10-6-2/h39-41,44-47,49-51H,5-38,42-43,48H2,1-4H3. The van der Waals surface area contributed by atoms with E-state index >= 15 is 0 Å². The second-order valence-corrected chi connectivity index (χ2v) is 19.0. The summed E-state index contributed by atoms with van der Waals surface area (Å²) >= 11 is 0. The van der Waals surface area contributed by atoms with E-state index in [9.17, 15) is 5.53 Å². The molecule has 0 aliphatic carbocycles. The third-order valence-electron chi connectivity index (χ3n) is 13.4. The first kappa shape index (κ1) is 52.6. The monoisotopic (exact) mass is 833 g/mol. The lowest BCUT2D eigenvalue weighted by Gasteiger charge is -2.11. The van der Waals surface area contributed by atoms with Crippen LogP contribution in [0.25, 0.3) is 16.9 Å². The average molecular weight is 833 g/mol. The molecule has 2 nitrogen and oxygen atoms in total. The van der Waals surface area contributed by atoms with Crippen molar-refractivity contribution in [3.05, 3.63) is 99.6 Å². The van der Waals surface area contributed by atoms with Crippen LogP contribution in [0.1, 0.15) is 275 Å². The SMILES string of the molecule is CCCCCCCCCCCCCCCCCCCCCCCCCCCC=CC1=C(c2cccc(CCCCCC)c2)[N+](=[N-])C(c2cccc(CCCC)c2)=C1CCCC. The van der Waals surface area contributed by atoms with Crippen LogP contribution in [0.5, 0.6) is 0 Å². The Morgan fingerprint density at radius 2 is 0.754 bits per heavy atom. The number of allylic oxidation sites excluding steroid dienone is 4. The van der Waals surface area contributed by atoms with Gasteiger partial charge in [0, 0.05) is 16.7 Å². The zero-order chi connectivity index (χ0) is 43.4. The van der Waals surface area contributed by atoms with Gasteiger partial charge in [0.2, 0.25) is 11.4 Å². The van der Waals surface area contributed by atoms with E-state index in [0.717, 1.165) is 61.0 Å². The fourth-order valence-corrected chi connectivity index (χ4v) is 9.47. The zero-order valence-electron chi connectivity index (χ0n) is 40.8. The Balaban J connectivity index is 1.39. The highest BCUT2D eigenvalue weighted by atomic mass is 15.2. The molecule has 61 heavy (non-hydrogen) atoms. The molecule has 0 saturated carbocycles. The lowest BCUT2D eigenvalue weighted by Crippen LogP contribution is -2.03. The van der Waals surface area contributed by atoms with Gasteiger partial charge in [-0.05, 0) is 86.8 Å². The number of nitrogens with zero attached hydrogens (tertiary/aromatic N) is 2. The molecular formula is C59H96N2. The molecule has 1 aliphatic heterocycles. The summed E-state index contributed by atoms with van der Waals surface area (Å²) in [6.45, 7) is 9.13. The van der Waals surface area contributed by atoms with Crippen LogP contribution in [-0.4, -0.2) is 4.70 Å². The van der Waals surface area contributed by atoms with E-state index in [2.05, 4.69) is 88.4 Å². The summed E-state index contributed by atoms with van der Waals surface area (Å²) in [6, 6.07) is 18.0. The molecule has 2 aromatic rings. The Morgan fingerprint density at radius 1 is 0.393 bits per heavy atom. The van der Waals surface area contributed by atoms with Gasteiger partial charge in [-0.25, -0.2) is 4.70 Å². The van der Waals surface area contributed by atoms with Crippen LogP contribution in [0.15, 0.2) is 71.8 Å². The second kappa shape index (κ2) is 35.7. The molecule has 0 aromatic heterocycles. The highest BCUT2D eigenvalue weighted by Gasteiger charge is 2.34. The van der Waals surface area contributed by atoms with E-state index in [0.29, 0.717) is 0 Å². The molecule has 1 aliphatic rings. The molecule has 0 fully saturated rings. The summed E-state index contributed by atoms with van der Waals surface area (Å²) in [6.07, 6.45) is 54.5. The minimum atomic E-state index is 0.960. The highest BCUT2D eigenvalue weighted by molar-refractivity contribution is 5.84. The quantitative estimate of drug-likeness (QED) is 0.0472. The molecule has 0 unspecified atom stereocenters. The van der Waals surface area contributed by atoms with Crippen molar-refractivity contribution in [2.45, 2.75) is 265 Å². The molecule has 0 atom stereocenters. The van der Waals surface area contributed by atoms with Crippen molar-refractivity contribution in [1.29, 1.82) is 0 Å². The van der Waals surface area contributed by atoms with E-state index in [-0.39, 0.29) is 0 Å². The van der Waals surface area contributed by atoms with Gasteiger partial charge in [-0.15, -0.1) is 0 Å². The second-order valence-electron chi connectivity index (χ2n) is 19.0. The van der Waals surface area contributed by atoms with Crippen LogP contribution in [0, 0.1) is 0 Å². The van der Waals surface area contributed by atoms with Crippen molar-refractivity contribution in [3.8, 4) is 0 Å². The normalized spacial score (nSPS) is 13.2. The third kappa shape index (κ3) is 22.4. The number of benzene rings is 2. The molecule has 0 spiro atoms. The largest absolute Gasteiger partial charge is 0.493 e. The van der Waals surface area contributed by atoms with E-state index < -0.39 is 0 Å². The highest BCUT2D eigenvalue weighted by Crippen LogP contribution is 2.43. The number of rotatable bonds is 40. The molecule has 0 amide bonds. The van der Waals surface area contributed by atoms with Gasteiger partial charge in [-0.2, -0.15) is 0 Å². The maximum Gasteiger partial charge on any atom is 0.215 e. The molecule has 2 heteroatoms. The maximum atomic E-state index is 12.2. The number of unbranched alkanes of at least 4 members (excludes halogenated alkanes) is 30. The Morgan fingerprint density at radius 3 is 1.20 bits per heavy atom. The van der Waals surface area contributed by atoms with E-state index in [4.69, 9.17) is 0 Å². The molecule has 1 heterocycles. The topological polar surface area (TPSA) is 25.3 Å². The van der Waals surface area contributed by atoms with E-state index in [1.54, 1.807) is 4.70 Å². The summed E-state index contributed by atoms with van der Waals surface area (Å²) in [5.41, 5.74) is 21.6. The van der Waals surface area contributed by atoms with E-state index in [1.807, 2.05) is 0 Å². The summed E-state index contributed by atoms with van der Waals surface area (Å²) in [4.78, 5) is 0. The number of hydrogen-bond acceptors (Lipinski definition) is 0. The number of hydrogen-bond donors (Lipinski definition) is 0. The van der Waals surface area contributed by atoms with Crippen LogP contribution in [0.3, 0.4) is 0 Å². The van der Waals surface area contributed by atoms with Gasteiger partial charge in [-0.3, -0.25) is 0 Å². The first-order valence-electron chi connectivity index (χ1n) is 27.0. The van der Waals surface area contributed by atoms with E-state index in [1.165, 1.54) is 221 Å². The van der Waals surface area contributed by atoms with Crippen molar-refractivity contribution in [1.82, 2.24) is 0 Å². The Labute approximate surface area is 379 Å². The first-order chi connectivity index (χ1) is 30.1. The maximum absolute atomic E-state index is 12.2. The smallest absolute Gasteiger partial charge is 0.215 e. The summed E-state index contributed by atoms with van der Waals surface area (Å²) in [5, 5.41) is 0. The predicted molar refractivity (Wildman–Crippen MR) is 271 cm³/mol. The predicted octanol–water partition coefficient (Wildman–Crippen LogP) is 20.2. The molecule has 2 aromatic carbocycles. The lowest BCUT2D eigenvalue weighted by atomic mass is 9.93. The van der Waals surface area contributed by atoms with Crippen molar-refractivity contribution in [3.63, 3.8) is 0 Å². The number of aryl methyl sites for hydroxylation is 2. The summed E-state index contributed by atoms with van der Waals surface area (Å²) < 4.78 is 1.56.